The van der Waals surface area contributed by atoms with E-state index < -0.39 is 0 Å². The van der Waals surface area contributed by atoms with Crippen molar-refractivity contribution < 1.29 is 9.59 Å². The van der Waals surface area contributed by atoms with Gasteiger partial charge in [-0.05, 0) is 24.3 Å². The fourth-order valence-electron chi connectivity index (χ4n) is 1.27. The Labute approximate surface area is 70.7 Å². The molecular weight excluding hydrogens is 160 g/mol. The van der Waals surface area contributed by atoms with Crippen LogP contribution >= 0.6 is 11.8 Å². The molecule has 0 aromatic carbocycles. The molecule has 0 unspecified atom stereocenters. The Morgan fingerprint density at radius 2 is 2.09 bits per heavy atom. The monoisotopic (exact) mass is 172 g/mol. The van der Waals surface area contributed by atoms with Crippen LogP contribution in [-0.4, -0.2) is 23.6 Å². The topological polar surface area (TPSA) is 34.1 Å². The number of rotatable bonds is 3. The van der Waals surface area contributed by atoms with Crippen molar-refractivity contribution in [1.82, 2.24) is 0 Å². The zero-order valence-corrected chi connectivity index (χ0v) is 7.23. The Balaban J connectivity index is 2.32. The number of Topliss-reactive ketones (excluding diaryl/α,β-unsaturated/α-hetero) is 1. The molecule has 0 amide bonds. The van der Waals surface area contributed by atoms with Gasteiger partial charge in [0.25, 0.3) is 0 Å². The quantitative estimate of drug-likeness (QED) is 0.475. The van der Waals surface area contributed by atoms with Crippen molar-refractivity contribution in [3.8, 4) is 0 Å². The smallest absolute Gasteiger partial charge is 0.143 e. The molecule has 1 aliphatic heterocycles. The van der Waals surface area contributed by atoms with Crippen molar-refractivity contribution in [2.45, 2.75) is 19.3 Å². The van der Waals surface area contributed by atoms with Crippen LogP contribution in [0.1, 0.15) is 19.3 Å². The lowest BCUT2D eigenvalue weighted by atomic mass is 9.96. The largest absolute Gasteiger partial charge is 0.303 e. The maximum absolute atomic E-state index is 11.2. The molecule has 1 fully saturated rings. The van der Waals surface area contributed by atoms with Gasteiger partial charge in [-0.2, -0.15) is 11.8 Å². The molecule has 0 saturated carbocycles. The van der Waals surface area contributed by atoms with Crippen LogP contribution in [0.15, 0.2) is 0 Å². The summed E-state index contributed by atoms with van der Waals surface area (Å²) in [5.41, 5.74) is 0. The first-order chi connectivity index (χ1) is 5.34. The number of hydrogen-bond acceptors (Lipinski definition) is 3. The molecule has 0 bridgehead atoms. The van der Waals surface area contributed by atoms with Crippen molar-refractivity contribution in [2.75, 3.05) is 11.5 Å². The Morgan fingerprint density at radius 3 is 2.64 bits per heavy atom. The van der Waals surface area contributed by atoms with Crippen molar-refractivity contribution in [3.63, 3.8) is 0 Å². The normalized spacial score (nSPS) is 19.6. The zero-order chi connectivity index (χ0) is 8.10. The van der Waals surface area contributed by atoms with E-state index in [0.717, 1.165) is 24.3 Å². The summed E-state index contributed by atoms with van der Waals surface area (Å²) in [6.45, 7) is 0. The van der Waals surface area contributed by atoms with E-state index in [2.05, 4.69) is 0 Å². The summed E-state index contributed by atoms with van der Waals surface area (Å²) in [6.07, 6.45) is 2.77. The third-order valence-corrected chi connectivity index (χ3v) is 3.01. The lowest BCUT2D eigenvalue weighted by Gasteiger charge is -2.18. The Morgan fingerprint density at radius 1 is 1.45 bits per heavy atom. The summed E-state index contributed by atoms with van der Waals surface area (Å²) < 4.78 is 0. The average molecular weight is 172 g/mol. The van der Waals surface area contributed by atoms with Crippen LogP contribution in [0.3, 0.4) is 0 Å². The molecule has 3 heteroatoms. The molecule has 0 atom stereocenters. The molecular formula is C8H12O2S. The fourth-order valence-corrected chi connectivity index (χ4v) is 2.37. The number of carbonyl (C=O) groups excluding carboxylic acids is 2. The second kappa shape index (κ2) is 4.54. The molecule has 62 valence electrons. The van der Waals surface area contributed by atoms with Crippen LogP contribution < -0.4 is 0 Å². The second-order valence-corrected chi connectivity index (χ2v) is 3.95. The van der Waals surface area contributed by atoms with Crippen LogP contribution in [0.4, 0.5) is 0 Å². The summed E-state index contributed by atoms with van der Waals surface area (Å²) in [5, 5.41) is 0. The molecule has 0 radical (unpaired) electrons. The Hall–Kier alpha value is -0.310. The summed E-state index contributed by atoms with van der Waals surface area (Å²) >= 11 is 1.89. The molecule has 0 spiro atoms. The van der Waals surface area contributed by atoms with E-state index >= 15 is 0 Å². The highest BCUT2D eigenvalue weighted by atomic mass is 32.2. The van der Waals surface area contributed by atoms with E-state index in [1.54, 1.807) is 0 Å². The maximum atomic E-state index is 11.2. The number of carbonyl (C=O) groups is 2. The predicted octanol–water partition coefficient (Wildman–Crippen LogP) is 1.29. The summed E-state index contributed by atoms with van der Waals surface area (Å²) in [4.78, 5) is 21.2. The molecule has 0 aromatic rings. The van der Waals surface area contributed by atoms with Crippen molar-refractivity contribution in [1.29, 1.82) is 0 Å². The van der Waals surface area contributed by atoms with Gasteiger partial charge in [0.15, 0.2) is 0 Å². The number of hydrogen-bond donors (Lipinski definition) is 0. The van der Waals surface area contributed by atoms with Gasteiger partial charge in [0.1, 0.15) is 12.1 Å². The van der Waals surface area contributed by atoms with Crippen LogP contribution in [0.25, 0.3) is 0 Å². The van der Waals surface area contributed by atoms with E-state index in [4.69, 9.17) is 0 Å². The highest BCUT2D eigenvalue weighted by molar-refractivity contribution is 7.99. The molecule has 0 aliphatic carbocycles. The zero-order valence-electron chi connectivity index (χ0n) is 6.41. The predicted molar refractivity (Wildman–Crippen MR) is 45.7 cm³/mol. The van der Waals surface area contributed by atoms with Gasteiger partial charge in [0, 0.05) is 5.92 Å². The summed E-state index contributed by atoms with van der Waals surface area (Å²) in [5.74, 6) is 2.48. The molecule has 1 heterocycles. The minimum absolute atomic E-state index is 0.120. The van der Waals surface area contributed by atoms with Crippen molar-refractivity contribution >= 4 is 23.8 Å². The average Bonchev–Trinajstić information content (AvgIpc) is 2.07. The number of aldehydes is 1. The molecule has 1 aliphatic rings. The fraction of sp³-hybridized carbons (Fsp3) is 0.750. The van der Waals surface area contributed by atoms with Gasteiger partial charge in [0.05, 0.1) is 6.42 Å². The minimum Gasteiger partial charge on any atom is -0.303 e. The van der Waals surface area contributed by atoms with Gasteiger partial charge in [0.2, 0.25) is 0 Å². The molecule has 1 rings (SSSR count). The summed E-state index contributed by atoms with van der Waals surface area (Å²) in [6, 6.07) is 0. The molecule has 11 heavy (non-hydrogen) atoms. The summed E-state index contributed by atoms with van der Waals surface area (Å²) in [7, 11) is 0. The minimum atomic E-state index is 0.120. The van der Waals surface area contributed by atoms with Crippen molar-refractivity contribution in [3.05, 3.63) is 0 Å². The Bertz CT molecular complexity index is 150. The first kappa shape index (κ1) is 8.78. The SMILES string of the molecule is O=CCC(=O)C1CCSCC1. The van der Waals surface area contributed by atoms with Gasteiger partial charge in [-0.15, -0.1) is 0 Å². The van der Waals surface area contributed by atoms with Gasteiger partial charge in [-0.1, -0.05) is 0 Å². The van der Waals surface area contributed by atoms with Crippen LogP contribution in [0.5, 0.6) is 0 Å². The molecule has 0 aromatic heterocycles. The van der Waals surface area contributed by atoms with E-state index in [1.165, 1.54) is 0 Å². The lowest BCUT2D eigenvalue weighted by molar-refractivity contribution is -0.125. The van der Waals surface area contributed by atoms with Gasteiger partial charge >= 0.3 is 0 Å². The van der Waals surface area contributed by atoms with E-state index in [-0.39, 0.29) is 18.1 Å². The number of thioether (sulfide) groups is 1. The van der Waals surface area contributed by atoms with Crippen molar-refractivity contribution in [2.24, 2.45) is 5.92 Å². The lowest BCUT2D eigenvalue weighted by Crippen LogP contribution is -2.19. The van der Waals surface area contributed by atoms with Crippen LogP contribution in [0.2, 0.25) is 0 Å². The van der Waals surface area contributed by atoms with E-state index in [0.29, 0.717) is 6.29 Å². The molecule has 0 N–H and O–H groups in total. The third-order valence-electron chi connectivity index (χ3n) is 1.96. The third kappa shape index (κ3) is 2.66. The first-order valence-corrected chi connectivity index (χ1v) is 5.04. The van der Waals surface area contributed by atoms with E-state index in [9.17, 15) is 9.59 Å². The van der Waals surface area contributed by atoms with Gasteiger partial charge in [-0.25, -0.2) is 0 Å². The number of ketones is 1. The van der Waals surface area contributed by atoms with Gasteiger partial charge in [-0.3, -0.25) is 4.79 Å². The highest BCUT2D eigenvalue weighted by Gasteiger charge is 2.20. The van der Waals surface area contributed by atoms with E-state index in [1.807, 2.05) is 11.8 Å². The first-order valence-electron chi connectivity index (χ1n) is 3.88. The molecule has 2 nitrogen and oxygen atoms in total. The van der Waals surface area contributed by atoms with Crippen LogP contribution in [-0.2, 0) is 9.59 Å². The maximum Gasteiger partial charge on any atom is 0.143 e. The molecule has 1 saturated heterocycles. The second-order valence-electron chi connectivity index (χ2n) is 2.72. The standard InChI is InChI=1S/C8H12O2S/c9-4-1-8(10)7-2-5-11-6-3-7/h4,7H,1-3,5-6H2. The van der Waals surface area contributed by atoms with Gasteiger partial charge < -0.3 is 4.79 Å². The Kier molecular flexibility index (Phi) is 3.63. The highest BCUT2D eigenvalue weighted by Crippen LogP contribution is 2.23. The van der Waals surface area contributed by atoms with Crippen LogP contribution in [0, 0.1) is 5.92 Å².